The number of halogens is 1. The van der Waals surface area contributed by atoms with Crippen LogP contribution in [0, 0.1) is 5.82 Å². The predicted octanol–water partition coefficient (Wildman–Crippen LogP) is 3.92. The molecule has 0 fully saturated rings. The third-order valence-corrected chi connectivity index (χ3v) is 4.26. The summed E-state index contributed by atoms with van der Waals surface area (Å²) in [5.41, 5.74) is 1.42. The molecule has 8 heteroatoms. The highest BCUT2D eigenvalue weighted by molar-refractivity contribution is 5.91. The second kappa shape index (κ2) is 9.45. The summed E-state index contributed by atoms with van der Waals surface area (Å²) in [6.45, 7) is 0.326. The van der Waals surface area contributed by atoms with Crippen LogP contribution in [0.1, 0.15) is 11.1 Å². The molecular weight excluding hydrogens is 397 g/mol. The molecule has 0 radical (unpaired) electrons. The van der Waals surface area contributed by atoms with E-state index in [9.17, 15) is 9.18 Å². The predicted molar refractivity (Wildman–Crippen MR) is 113 cm³/mol. The zero-order valence-corrected chi connectivity index (χ0v) is 16.4. The molecule has 3 heterocycles. The van der Waals surface area contributed by atoms with Gasteiger partial charge in [-0.05, 0) is 59.7 Å². The quantitative estimate of drug-likeness (QED) is 0.463. The van der Waals surface area contributed by atoms with E-state index in [1.165, 1.54) is 30.5 Å². The maximum atomic E-state index is 14.3. The first kappa shape index (κ1) is 20.0. The van der Waals surface area contributed by atoms with Crippen LogP contribution < -0.4 is 10.1 Å². The number of pyridine rings is 2. The largest absolute Gasteiger partial charge is 0.453 e. The van der Waals surface area contributed by atoms with Crippen LogP contribution in [-0.4, -0.2) is 25.7 Å². The maximum absolute atomic E-state index is 14.3. The van der Waals surface area contributed by atoms with Gasteiger partial charge in [-0.15, -0.1) is 0 Å². The van der Waals surface area contributed by atoms with Gasteiger partial charge in [0.1, 0.15) is 5.75 Å². The standard InChI is InChI=1S/C23H18FN5O2/c24-20-13-17(4-6-21(20)31-19-3-1-9-25-16-19)5-7-23(30)27-15-18-8-11-26-22(14-18)29-12-2-10-28-29/h1-14,16H,15H2,(H,27,30)/b7-5+. The second-order valence-electron chi connectivity index (χ2n) is 6.50. The van der Waals surface area contributed by atoms with E-state index in [1.54, 1.807) is 53.7 Å². The van der Waals surface area contributed by atoms with Gasteiger partial charge in [-0.3, -0.25) is 9.78 Å². The van der Waals surface area contributed by atoms with Crippen molar-refractivity contribution in [1.29, 1.82) is 0 Å². The van der Waals surface area contributed by atoms with Crippen molar-refractivity contribution < 1.29 is 13.9 Å². The summed E-state index contributed by atoms with van der Waals surface area (Å²) in [6, 6.07) is 13.3. The van der Waals surface area contributed by atoms with Crippen molar-refractivity contribution in [3.8, 4) is 17.3 Å². The Morgan fingerprint density at radius 2 is 2.06 bits per heavy atom. The molecule has 1 amide bonds. The Balaban J connectivity index is 1.34. The lowest BCUT2D eigenvalue weighted by Crippen LogP contribution is -2.20. The Bertz CT molecular complexity index is 1190. The van der Waals surface area contributed by atoms with E-state index in [2.05, 4.69) is 20.4 Å². The molecule has 0 bridgehead atoms. The minimum atomic E-state index is -0.533. The van der Waals surface area contributed by atoms with Crippen LogP contribution in [0.25, 0.3) is 11.9 Å². The third kappa shape index (κ3) is 5.39. The summed E-state index contributed by atoms with van der Waals surface area (Å²) < 4.78 is 21.4. The smallest absolute Gasteiger partial charge is 0.244 e. The number of ether oxygens (including phenoxy) is 1. The Kier molecular flexibility index (Phi) is 6.08. The van der Waals surface area contributed by atoms with Gasteiger partial charge in [-0.25, -0.2) is 14.1 Å². The van der Waals surface area contributed by atoms with Gasteiger partial charge in [0.2, 0.25) is 5.91 Å². The fraction of sp³-hybridized carbons (Fsp3) is 0.0435. The number of carbonyl (C=O) groups is 1. The number of benzene rings is 1. The highest BCUT2D eigenvalue weighted by Crippen LogP contribution is 2.24. The lowest BCUT2D eigenvalue weighted by molar-refractivity contribution is -0.116. The zero-order valence-electron chi connectivity index (χ0n) is 16.4. The molecule has 0 aliphatic rings. The van der Waals surface area contributed by atoms with Gasteiger partial charge in [0.25, 0.3) is 0 Å². The summed E-state index contributed by atoms with van der Waals surface area (Å²) in [5.74, 6) is 0.357. The number of nitrogens with zero attached hydrogens (tertiary/aromatic N) is 4. The lowest BCUT2D eigenvalue weighted by Gasteiger charge is -2.07. The Morgan fingerprint density at radius 1 is 1.13 bits per heavy atom. The second-order valence-corrected chi connectivity index (χ2v) is 6.50. The SMILES string of the molecule is O=C(/C=C/c1ccc(Oc2cccnc2)c(F)c1)NCc1ccnc(-n2cccn2)c1. The van der Waals surface area contributed by atoms with Gasteiger partial charge in [0.05, 0.1) is 6.20 Å². The van der Waals surface area contributed by atoms with Crippen molar-refractivity contribution in [2.45, 2.75) is 6.54 Å². The lowest BCUT2D eigenvalue weighted by atomic mass is 10.2. The zero-order chi connectivity index (χ0) is 21.5. The number of hydrogen-bond acceptors (Lipinski definition) is 5. The fourth-order valence-corrected chi connectivity index (χ4v) is 2.76. The molecule has 7 nitrogen and oxygen atoms in total. The molecule has 1 aromatic carbocycles. The van der Waals surface area contributed by atoms with Gasteiger partial charge in [-0.2, -0.15) is 5.10 Å². The molecule has 154 valence electrons. The van der Waals surface area contributed by atoms with Crippen molar-refractivity contribution >= 4 is 12.0 Å². The van der Waals surface area contributed by atoms with Gasteiger partial charge >= 0.3 is 0 Å². The number of carbonyl (C=O) groups excluding carboxylic acids is 1. The van der Waals surface area contributed by atoms with Crippen molar-refractivity contribution in [2.24, 2.45) is 0 Å². The number of rotatable bonds is 7. The molecule has 4 rings (SSSR count). The van der Waals surface area contributed by atoms with Crippen LogP contribution in [0.5, 0.6) is 11.5 Å². The van der Waals surface area contributed by atoms with Gasteiger partial charge in [0, 0.05) is 37.4 Å². The summed E-state index contributed by atoms with van der Waals surface area (Å²) in [7, 11) is 0. The average Bonchev–Trinajstić information content (AvgIpc) is 3.34. The van der Waals surface area contributed by atoms with E-state index in [1.807, 2.05) is 12.1 Å². The van der Waals surface area contributed by atoms with E-state index in [0.29, 0.717) is 23.7 Å². The van der Waals surface area contributed by atoms with Crippen LogP contribution in [0.4, 0.5) is 4.39 Å². The van der Waals surface area contributed by atoms with Crippen molar-refractivity contribution in [1.82, 2.24) is 25.1 Å². The van der Waals surface area contributed by atoms with Crippen LogP contribution in [0.3, 0.4) is 0 Å². The van der Waals surface area contributed by atoms with Crippen LogP contribution in [0.15, 0.2) is 85.6 Å². The Labute approximate surface area is 177 Å². The van der Waals surface area contributed by atoms with Crippen molar-refractivity contribution in [3.63, 3.8) is 0 Å². The molecule has 0 atom stereocenters. The highest BCUT2D eigenvalue weighted by atomic mass is 19.1. The first-order chi connectivity index (χ1) is 15.2. The molecule has 31 heavy (non-hydrogen) atoms. The van der Waals surface area contributed by atoms with Gasteiger partial charge in [0.15, 0.2) is 17.4 Å². The molecule has 0 spiro atoms. The topological polar surface area (TPSA) is 81.9 Å². The first-order valence-electron chi connectivity index (χ1n) is 9.46. The van der Waals surface area contributed by atoms with Gasteiger partial charge < -0.3 is 10.1 Å². The van der Waals surface area contributed by atoms with Crippen LogP contribution in [-0.2, 0) is 11.3 Å². The minimum absolute atomic E-state index is 0.0836. The number of amides is 1. The van der Waals surface area contributed by atoms with Crippen LogP contribution in [0.2, 0.25) is 0 Å². The highest BCUT2D eigenvalue weighted by Gasteiger charge is 2.06. The van der Waals surface area contributed by atoms with E-state index >= 15 is 0 Å². The molecule has 0 saturated carbocycles. The normalized spacial score (nSPS) is 10.9. The summed E-state index contributed by atoms with van der Waals surface area (Å²) in [4.78, 5) is 20.3. The number of aromatic nitrogens is 4. The molecule has 0 unspecified atom stereocenters. The maximum Gasteiger partial charge on any atom is 0.244 e. The Morgan fingerprint density at radius 3 is 2.84 bits per heavy atom. The Hall–Kier alpha value is -4.33. The van der Waals surface area contributed by atoms with E-state index in [-0.39, 0.29) is 11.7 Å². The monoisotopic (exact) mass is 415 g/mol. The van der Waals surface area contributed by atoms with E-state index in [0.717, 1.165) is 5.56 Å². The molecular formula is C23H18FN5O2. The minimum Gasteiger partial charge on any atom is -0.453 e. The van der Waals surface area contributed by atoms with E-state index in [4.69, 9.17) is 4.74 Å². The third-order valence-electron chi connectivity index (χ3n) is 4.26. The molecule has 0 aliphatic heterocycles. The van der Waals surface area contributed by atoms with E-state index < -0.39 is 5.82 Å². The molecule has 3 aromatic heterocycles. The average molecular weight is 415 g/mol. The number of nitrogens with one attached hydrogen (secondary N) is 1. The fourth-order valence-electron chi connectivity index (χ4n) is 2.76. The number of hydrogen-bond donors (Lipinski definition) is 1. The van der Waals surface area contributed by atoms with Crippen molar-refractivity contribution in [3.05, 3.63) is 103 Å². The summed E-state index contributed by atoms with van der Waals surface area (Å²) in [6.07, 6.45) is 11.1. The molecule has 0 aliphatic carbocycles. The summed E-state index contributed by atoms with van der Waals surface area (Å²) >= 11 is 0. The van der Waals surface area contributed by atoms with Gasteiger partial charge in [-0.1, -0.05) is 6.07 Å². The molecule has 4 aromatic rings. The molecule has 1 N–H and O–H groups in total. The summed E-state index contributed by atoms with van der Waals surface area (Å²) in [5, 5.41) is 6.93. The van der Waals surface area contributed by atoms with Crippen LogP contribution >= 0.6 is 0 Å². The first-order valence-corrected chi connectivity index (χ1v) is 9.46. The molecule has 0 saturated heterocycles. The van der Waals surface area contributed by atoms with Crippen molar-refractivity contribution in [2.75, 3.05) is 0 Å².